The Hall–Kier alpha value is -2.29. The van der Waals surface area contributed by atoms with Gasteiger partial charge in [0.15, 0.2) is 0 Å². The minimum Gasteiger partial charge on any atom is -0.478 e. The zero-order valence-electron chi connectivity index (χ0n) is 11.5. The number of carboxylic acids is 1. The zero-order chi connectivity index (χ0) is 14.1. The van der Waals surface area contributed by atoms with Crippen LogP contribution in [0.15, 0.2) is 42.5 Å². The monoisotopic (exact) mass is 267 g/mol. The van der Waals surface area contributed by atoms with Gasteiger partial charge in [0.2, 0.25) is 0 Å². The summed E-state index contributed by atoms with van der Waals surface area (Å²) in [6.07, 6.45) is 2.23. The highest BCUT2D eigenvalue weighted by molar-refractivity contribution is 5.89. The summed E-state index contributed by atoms with van der Waals surface area (Å²) >= 11 is 0. The van der Waals surface area contributed by atoms with Crippen molar-refractivity contribution in [3.05, 3.63) is 59.2 Å². The number of nitrogens with zero attached hydrogens (tertiary/aromatic N) is 1. The second-order valence-electron chi connectivity index (χ2n) is 5.19. The lowest BCUT2D eigenvalue weighted by atomic mass is 9.99. The van der Waals surface area contributed by atoms with Gasteiger partial charge in [-0.05, 0) is 55.2 Å². The fourth-order valence-electron chi connectivity index (χ4n) is 2.88. The van der Waals surface area contributed by atoms with Gasteiger partial charge >= 0.3 is 5.97 Å². The average molecular weight is 267 g/mol. The number of carbonyl (C=O) groups is 1. The van der Waals surface area contributed by atoms with Gasteiger partial charge in [0, 0.05) is 17.9 Å². The van der Waals surface area contributed by atoms with Crippen LogP contribution >= 0.6 is 0 Å². The summed E-state index contributed by atoms with van der Waals surface area (Å²) in [5.74, 6) is -0.876. The lowest BCUT2D eigenvalue weighted by Crippen LogP contribution is -2.25. The maximum atomic E-state index is 11.0. The lowest BCUT2D eigenvalue weighted by molar-refractivity contribution is 0.0697. The molecule has 102 valence electrons. The molecule has 0 amide bonds. The largest absolute Gasteiger partial charge is 0.478 e. The number of hydrogen-bond acceptors (Lipinski definition) is 2. The Bertz CT molecular complexity index is 664. The van der Waals surface area contributed by atoms with Crippen LogP contribution in [-0.2, 0) is 6.42 Å². The SMILES string of the molecule is Cc1cc(C(=O)O)ccc1N1CCCc2ccccc21. The van der Waals surface area contributed by atoms with E-state index in [1.807, 2.05) is 13.0 Å². The maximum Gasteiger partial charge on any atom is 0.335 e. The van der Waals surface area contributed by atoms with E-state index in [4.69, 9.17) is 5.11 Å². The molecule has 0 fully saturated rings. The lowest BCUT2D eigenvalue weighted by Gasteiger charge is -2.32. The maximum absolute atomic E-state index is 11.0. The minimum atomic E-state index is -0.876. The van der Waals surface area contributed by atoms with Gasteiger partial charge in [0.05, 0.1) is 5.56 Å². The number of para-hydroxylation sites is 1. The van der Waals surface area contributed by atoms with E-state index >= 15 is 0 Å². The Morgan fingerprint density at radius 3 is 2.70 bits per heavy atom. The second kappa shape index (κ2) is 5.00. The molecule has 0 saturated heterocycles. The van der Waals surface area contributed by atoms with Gasteiger partial charge < -0.3 is 10.0 Å². The van der Waals surface area contributed by atoms with Crippen LogP contribution in [0.4, 0.5) is 11.4 Å². The number of benzene rings is 2. The molecule has 0 aromatic heterocycles. The predicted molar refractivity (Wildman–Crippen MR) is 79.9 cm³/mol. The molecule has 1 heterocycles. The van der Waals surface area contributed by atoms with E-state index in [-0.39, 0.29) is 0 Å². The van der Waals surface area contributed by atoms with Crippen molar-refractivity contribution < 1.29 is 9.90 Å². The number of fused-ring (bicyclic) bond motifs is 1. The van der Waals surface area contributed by atoms with Crippen molar-refractivity contribution in [1.82, 2.24) is 0 Å². The van der Waals surface area contributed by atoms with Crippen LogP contribution in [0.2, 0.25) is 0 Å². The molecule has 3 heteroatoms. The van der Waals surface area contributed by atoms with Gasteiger partial charge in [0.1, 0.15) is 0 Å². The second-order valence-corrected chi connectivity index (χ2v) is 5.19. The molecule has 1 N–H and O–H groups in total. The molecule has 3 nitrogen and oxygen atoms in total. The Morgan fingerprint density at radius 1 is 1.15 bits per heavy atom. The quantitative estimate of drug-likeness (QED) is 0.900. The summed E-state index contributed by atoms with van der Waals surface area (Å²) in [5.41, 5.74) is 5.05. The summed E-state index contributed by atoms with van der Waals surface area (Å²) < 4.78 is 0. The van der Waals surface area contributed by atoms with Crippen molar-refractivity contribution in [2.24, 2.45) is 0 Å². The first-order valence-electron chi connectivity index (χ1n) is 6.86. The Balaban J connectivity index is 2.04. The Labute approximate surface area is 118 Å². The predicted octanol–water partition coefficient (Wildman–Crippen LogP) is 3.78. The highest BCUT2D eigenvalue weighted by Crippen LogP contribution is 2.35. The molecule has 20 heavy (non-hydrogen) atoms. The summed E-state index contributed by atoms with van der Waals surface area (Å²) in [6.45, 7) is 2.95. The van der Waals surface area contributed by atoms with Crippen LogP contribution < -0.4 is 4.90 Å². The van der Waals surface area contributed by atoms with Crippen LogP contribution in [0.1, 0.15) is 27.9 Å². The minimum absolute atomic E-state index is 0.344. The van der Waals surface area contributed by atoms with Crippen molar-refractivity contribution in [3.63, 3.8) is 0 Å². The summed E-state index contributed by atoms with van der Waals surface area (Å²) in [6, 6.07) is 13.8. The number of rotatable bonds is 2. The summed E-state index contributed by atoms with van der Waals surface area (Å²) in [5, 5.41) is 9.05. The van der Waals surface area contributed by atoms with E-state index in [0.29, 0.717) is 5.56 Å². The van der Waals surface area contributed by atoms with Crippen LogP contribution in [-0.4, -0.2) is 17.6 Å². The molecule has 0 spiro atoms. The molecule has 0 bridgehead atoms. The Morgan fingerprint density at radius 2 is 1.95 bits per heavy atom. The van der Waals surface area contributed by atoms with Crippen molar-refractivity contribution in [2.45, 2.75) is 19.8 Å². The molecule has 0 aliphatic carbocycles. The molecular formula is C17H17NO2. The van der Waals surface area contributed by atoms with Gasteiger partial charge in [-0.25, -0.2) is 4.79 Å². The number of aromatic carboxylic acids is 1. The fourth-order valence-corrected chi connectivity index (χ4v) is 2.88. The van der Waals surface area contributed by atoms with Crippen molar-refractivity contribution >= 4 is 17.3 Å². The van der Waals surface area contributed by atoms with E-state index in [2.05, 4.69) is 29.2 Å². The van der Waals surface area contributed by atoms with Crippen molar-refractivity contribution in [2.75, 3.05) is 11.4 Å². The normalized spacial score (nSPS) is 13.9. The standard InChI is InChI=1S/C17H17NO2/c1-12-11-14(17(19)20)8-9-15(12)18-10-4-6-13-5-2-3-7-16(13)18/h2-3,5,7-9,11H,4,6,10H2,1H3,(H,19,20). The van der Waals surface area contributed by atoms with E-state index in [0.717, 1.165) is 30.6 Å². The number of aryl methyl sites for hydroxylation is 2. The van der Waals surface area contributed by atoms with Gasteiger partial charge in [-0.2, -0.15) is 0 Å². The summed E-state index contributed by atoms with van der Waals surface area (Å²) in [4.78, 5) is 13.3. The first-order valence-corrected chi connectivity index (χ1v) is 6.86. The van der Waals surface area contributed by atoms with Crippen molar-refractivity contribution in [1.29, 1.82) is 0 Å². The Kier molecular flexibility index (Phi) is 3.18. The van der Waals surface area contributed by atoms with E-state index in [1.54, 1.807) is 12.1 Å². The van der Waals surface area contributed by atoms with E-state index < -0.39 is 5.97 Å². The third-order valence-corrected chi connectivity index (χ3v) is 3.84. The first-order chi connectivity index (χ1) is 9.66. The number of carboxylic acid groups (broad SMARTS) is 1. The molecule has 2 aromatic carbocycles. The van der Waals surface area contributed by atoms with Crippen LogP contribution in [0.25, 0.3) is 0 Å². The molecule has 0 atom stereocenters. The van der Waals surface area contributed by atoms with Crippen molar-refractivity contribution in [3.8, 4) is 0 Å². The highest BCUT2D eigenvalue weighted by Gasteiger charge is 2.19. The molecule has 0 saturated carbocycles. The molecule has 1 aliphatic heterocycles. The average Bonchev–Trinajstić information content (AvgIpc) is 2.46. The number of anilines is 2. The first kappa shape index (κ1) is 12.7. The molecule has 1 aliphatic rings. The zero-order valence-corrected chi connectivity index (χ0v) is 11.5. The van der Waals surface area contributed by atoms with Gasteiger partial charge in [0.25, 0.3) is 0 Å². The fraction of sp³-hybridized carbons (Fsp3) is 0.235. The van der Waals surface area contributed by atoms with E-state index in [1.165, 1.54) is 11.3 Å². The van der Waals surface area contributed by atoms with Crippen LogP contribution in [0, 0.1) is 6.92 Å². The van der Waals surface area contributed by atoms with E-state index in [9.17, 15) is 4.79 Å². The summed E-state index contributed by atoms with van der Waals surface area (Å²) in [7, 11) is 0. The van der Waals surface area contributed by atoms with Gasteiger partial charge in [-0.3, -0.25) is 0 Å². The molecular weight excluding hydrogens is 250 g/mol. The van der Waals surface area contributed by atoms with Gasteiger partial charge in [-0.15, -0.1) is 0 Å². The molecule has 0 radical (unpaired) electrons. The van der Waals surface area contributed by atoms with Gasteiger partial charge in [-0.1, -0.05) is 18.2 Å². The molecule has 3 rings (SSSR count). The molecule has 0 unspecified atom stereocenters. The molecule has 2 aromatic rings. The highest BCUT2D eigenvalue weighted by atomic mass is 16.4. The third-order valence-electron chi connectivity index (χ3n) is 3.84. The van der Waals surface area contributed by atoms with Crippen LogP contribution in [0.3, 0.4) is 0 Å². The third kappa shape index (κ3) is 2.16. The van der Waals surface area contributed by atoms with Crippen LogP contribution in [0.5, 0.6) is 0 Å². The topological polar surface area (TPSA) is 40.5 Å². The smallest absolute Gasteiger partial charge is 0.335 e. The number of hydrogen-bond donors (Lipinski definition) is 1.